The van der Waals surface area contributed by atoms with Crippen LogP contribution in [0.25, 0.3) is 0 Å². The third kappa shape index (κ3) is 2.83. The topological polar surface area (TPSA) is 26.0 Å². The molecular formula is C10H11F6N. The summed E-state index contributed by atoms with van der Waals surface area (Å²) in [7, 11) is 0. The SMILES string of the molecule is CC1(C(F)(F)F)C=C(C(F)(F)F)C=C(CN)C1. The molecule has 0 aromatic carbocycles. The zero-order valence-electron chi connectivity index (χ0n) is 8.91. The minimum Gasteiger partial charge on any atom is -0.327 e. The van der Waals surface area contributed by atoms with Crippen LogP contribution in [0.1, 0.15) is 13.3 Å². The Hall–Kier alpha value is -0.980. The molecular weight excluding hydrogens is 248 g/mol. The summed E-state index contributed by atoms with van der Waals surface area (Å²) in [6, 6.07) is 0. The number of allylic oxidation sites excluding steroid dienone is 3. The van der Waals surface area contributed by atoms with Crippen molar-refractivity contribution >= 4 is 0 Å². The van der Waals surface area contributed by atoms with E-state index >= 15 is 0 Å². The second-order valence-electron chi connectivity index (χ2n) is 4.20. The van der Waals surface area contributed by atoms with Crippen molar-refractivity contribution in [2.45, 2.75) is 25.7 Å². The van der Waals surface area contributed by atoms with Crippen molar-refractivity contribution in [1.29, 1.82) is 0 Å². The number of rotatable bonds is 1. The molecule has 2 N–H and O–H groups in total. The van der Waals surface area contributed by atoms with E-state index in [0.717, 1.165) is 6.92 Å². The first-order chi connectivity index (χ1) is 7.49. The first-order valence-electron chi connectivity index (χ1n) is 4.76. The molecule has 1 nitrogen and oxygen atoms in total. The summed E-state index contributed by atoms with van der Waals surface area (Å²) in [5.74, 6) is 0. The molecule has 0 bridgehead atoms. The Morgan fingerprint density at radius 1 is 1.24 bits per heavy atom. The number of hydrogen-bond donors (Lipinski definition) is 1. The van der Waals surface area contributed by atoms with E-state index in [4.69, 9.17) is 5.73 Å². The molecule has 1 aliphatic carbocycles. The van der Waals surface area contributed by atoms with Crippen LogP contribution in [0.3, 0.4) is 0 Å². The maximum absolute atomic E-state index is 12.7. The average Bonchev–Trinajstić information content (AvgIpc) is 2.13. The molecule has 1 aliphatic rings. The molecule has 1 atom stereocenters. The van der Waals surface area contributed by atoms with Gasteiger partial charge in [-0.25, -0.2) is 0 Å². The van der Waals surface area contributed by atoms with Crippen molar-refractivity contribution in [3.05, 3.63) is 23.3 Å². The van der Waals surface area contributed by atoms with Crippen molar-refractivity contribution < 1.29 is 26.3 Å². The maximum Gasteiger partial charge on any atom is 0.416 e. The van der Waals surface area contributed by atoms with Crippen molar-refractivity contribution in [2.75, 3.05) is 6.54 Å². The van der Waals surface area contributed by atoms with Crippen LogP contribution in [0.4, 0.5) is 26.3 Å². The Balaban J connectivity index is 3.24. The molecule has 7 heteroatoms. The number of halogens is 6. The highest BCUT2D eigenvalue weighted by Crippen LogP contribution is 2.48. The molecule has 0 saturated heterocycles. The second kappa shape index (κ2) is 4.04. The highest BCUT2D eigenvalue weighted by Gasteiger charge is 2.52. The van der Waals surface area contributed by atoms with Crippen LogP contribution in [-0.4, -0.2) is 18.9 Å². The highest BCUT2D eigenvalue weighted by atomic mass is 19.4. The van der Waals surface area contributed by atoms with Gasteiger partial charge in [-0.1, -0.05) is 11.6 Å². The summed E-state index contributed by atoms with van der Waals surface area (Å²) < 4.78 is 75.5. The lowest BCUT2D eigenvalue weighted by Crippen LogP contribution is -2.37. The minimum atomic E-state index is -4.80. The molecule has 0 radical (unpaired) electrons. The van der Waals surface area contributed by atoms with E-state index in [1.807, 2.05) is 0 Å². The van der Waals surface area contributed by atoms with Gasteiger partial charge in [0.15, 0.2) is 0 Å². The van der Waals surface area contributed by atoms with Crippen LogP contribution in [-0.2, 0) is 0 Å². The monoisotopic (exact) mass is 259 g/mol. The van der Waals surface area contributed by atoms with Gasteiger partial charge in [0.2, 0.25) is 0 Å². The Labute approximate surface area is 94.0 Å². The van der Waals surface area contributed by atoms with Crippen LogP contribution in [0.5, 0.6) is 0 Å². The molecule has 0 saturated carbocycles. The van der Waals surface area contributed by atoms with E-state index < -0.39 is 29.8 Å². The van der Waals surface area contributed by atoms with Crippen LogP contribution in [0, 0.1) is 5.41 Å². The summed E-state index contributed by atoms with van der Waals surface area (Å²) in [4.78, 5) is 0. The number of alkyl halides is 6. The van der Waals surface area contributed by atoms with Gasteiger partial charge < -0.3 is 5.73 Å². The minimum absolute atomic E-state index is 0.0559. The van der Waals surface area contributed by atoms with E-state index in [1.165, 1.54) is 0 Å². The molecule has 1 rings (SSSR count). The molecule has 0 fully saturated rings. The molecule has 0 spiro atoms. The molecule has 0 aromatic rings. The fraction of sp³-hybridized carbons (Fsp3) is 0.600. The molecule has 0 amide bonds. The predicted octanol–water partition coefficient (Wildman–Crippen LogP) is 3.33. The molecule has 0 aromatic heterocycles. The van der Waals surface area contributed by atoms with Gasteiger partial charge >= 0.3 is 12.4 Å². The van der Waals surface area contributed by atoms with Crippen LogP contribution in [0.2, 0.25) is 0 Å². The molecule has 0 aliphatic heterocycles. The highest BCUT2D eigenvalue weighted by molar-refractivity contribution is 5.36. The van der Waals surface area contributed by atoms with Gasteiger partial charge in [0.05, 0.1) is 11.0 Å². The Morgan fingerprint density at radius 3 is 2.12 bits per heavy atom. The zero-order chi connectivity index (χ0) is 13.5. The predicted molar refractivity (Wildman–Crippen MR) is 50.1 cm³/mol. The largest absolute Gasteiger partial charge is 0.416 e. The fourth-order valence-electron chi connectivity index (χ4n) is 1.66. The van der Waals surface area contributed by atoms with Crippen molar-refractivity contribution in [2.24, 2.45) is 11.1 Å². The zero-order valence-corrected chi connectivity index (χ0v) is 8.91. The quantitative estimate of drug-likeness (QED) is 0.718. The van der Waals surface area contributed by atoms with Gasteiger partial charge in [-0.05, 0) is 19.4 Å². The molecule has 0 heterocycles. The Morgan fingerprint density at radius 2 is 1.76 bits per heavy atom. The third-order valence-electron chi connectivity index (χ3n) is 2.67. The molecule has 98 valence electrons. The van der Waals surface area contributed by atoms with Gasteiger partial charge in [0.1, 0.15) is 0 Å². The molecule has 17 heavy (non-hydrogen) atoms. The van der Waals surface area contributed by atoms with Gasteiger partial charge in [-0.15, -0.1) is 0 Å². The van der Waals surface area contributed by atoms with Crippen LogP contribution in [0.15, 0.2) is 23.3 Å². The van der Waals surface area contributed by atoms with E-state index in [-0.39, 0.29) is 18.2 Å². The van der Waals surface area contributed by atoms with E-state index in [0.29, 0.717) is 6.08 Å². The third-order valence-corrected chi connectivity index (χ3v) is 2.67. The number of hydrogen-bond acceptors (Lipinski definition) is 1. The van der Waals surface area contributed by atoms with Gasteiger partial charge in [-0.3, -0.25) is 0 Å². The smallest absolute Gasteiger partial charge is 0.327 e. The number of nitrogens with two attached hydrogens (primary N) is 1. The van der Waals surface area contributed by atoms with E-state index in [1.54, 1.807) is 0 Å². The van der Waals surface area contributed by atoms with Gasteiger partial charge in [0, 0.05) is 6.54 Å². The first kappa shape index (κ1) is 14.1. The lowest BCUT2D eigenvalue weighted by atomic mass is 9.77. The molecule has 1 unspecified atom stereocenters. The summed E-state index contributed by atoms with van der Waals surface area (Å²) >= 11 is 0. The second-order valence-corrected chi connectivity index (χ2v) is 4.20. The summed E-state index contributed by atoms with van der Waals surface area (Å²) in [6.07, 6.45) is -9.15. The average molecular weight is 259 g/mol. The summed E-state index contributed by atoms with van der Waals surface area (Å²) in [5.41, 5.74) is 1.29. The standard InChI is InChI=1S/C10H11F6N/c1-8(10(14,15)16)3-6(5-17)2-7(4-8)9(11,12)13/h2,4H,3,5,17H2,1H3. The van der Waals surface area contributed by atoms with Crippen molar-refractivity contribution in [1.82, 2.24) is 0 Å². The lowest BCUT2D eigenvalue weighted by Gasteiger charge is -2.33. The maximum atomic E-state index is 12.7. The fourth-order valence-corrected chi connectivity index (χ4v) is 1.66. The summed E-state index contributed by atoms with van der Waals surface area (Å²) in [5, 5.41) is 0. The van der Waals surface area contributed by atoms with Crippen molar-refractivity contribution in [3.63, 3.8) is 0 Å². The van der Waals surface area contributed by atoms with Crippen LogP contribution >= 0.6 is 0 Å². The Kier molecular flexibility index (Phi) is 3.35. The Bertz CT molecular complexity index is 362. The summed E-state index contributed by atoms with van der Waals surface area (Å²) in [6.45, 7) is 0.417. The van der Waals surface area contributed by atoms with E-state index in [9.17, 15) is 26.3 Å². The van der Waals surface area contributed by atoms with Crippen LogP contribution < -0.4 is 5.73 Å². The van der Waals surface area contributed by atoms with Gasteiger partial charge in [0.25, 0.3) is 0 Å². The first-order valence-corrected chi connectivity index (χ1v) is 4.76. The lowest BCUT2D eigenvalue weighted by molar-refractivity contribution is -0.201. The van der Waals surface area contributed by atoms with E-state index in [2.05, 4.69) is 0 Å². The van der Waals surface area contributed by atoms with Gasteiger partial charge in [-0.2, -0.15) is 26.3 Å². The van der Waals surface area contributed by atoms with Crippen molar-refractivity contribution in [3.8, 4) is 0 Å². The normalized spacial score (nSPS) is 26.6.